The highest BCUT2D eigenvalue weighted by Gasteiger charge is 2.65. The third kappa shape index (κ3) is 15.3. The number of nitrogens with zero attached hydrogens (tertiary/aromatic N) is 5. The van der Waals surface area contributed by atoms with Gasteiger partial charge in [0.2, 0.25) is 0 Å². The van der Waals surface area contributed by atoms with Crippen LogP contribution in [0.1, 0.15) is 68.7 Å². The first-order chi connectivity index (χ1) is 49.5. The maximum absolute atomic E-state index is 15.9. The molecule has 1 aliphatic heterocycles. The van der Waals surface area contributed by atoms with Gasteiger partial charge in [-0.25, -0.2) is 0 Å². The van der Waals surface area contributed by atoms with Crippen molar-refractivity contribution in [2.24, 2.45) is 5.41 Å². The third-order valence-electron chi connectivity index (χ3n) is 18.7. The van der Waals surface area contributed by atoms with Gasteiger partial charge in [0.15, 0.2) is 11.3 Å². The lowest BCUT2D eigenvalue weighted by Gasteiger charge is -2.34. The van der Waals surface area contributed by atoms with Gasteiger partial charge < -0.3 is 28.7 Å². The Morgan fingerprint density at radius 1 is 0.608 bits per heavy atom. The highest BCUT2D eigenvalue weighted by Crippen LogP contribution is 2.56. The number of halogens is 3. The number of aryl methyl sites for hydroxylation is 2. The quantitative estimate of drug-likeness (QED) is 0.0245. The molecule has 0 N–H and O–H groups in total. The van der Waals surface area contributed by atoms with Crippen LogP contribution in [0.5, 0.6) is 5.75 Å². The summed E-state index contributed by atoms with van der Waals surface area (Å²) in [5.41, 5.74) is 2.66. The summed E-state index contributed by atoms with van der Waals surface area (Å²) in [5.74, 6) is -0.271. The summed E-state index contributed by atoms with van der Waals surface area (Å²) in [5, 5.41) is 39.3. The second-order valence-corrected chi connectivity index (χ2v) is 26.9. The number of alkyl halides is 3. The normalized spacial score (nSPS) is 15.6. The minimum atomic E-state index is -5.17. The number of anilines is 4. The summed E-state index contributed by atoms with van der Waals surface area (Å²) >= 11 is 1.48. The van der Waals surface area contributed by atoms with Crippen LogP contribution in [0.2, 0.25) is 0 Å². The van der Waals surface area contributed by atoms with Crippen molar-refractivity contribution < 1.29 is 41.7 Å². The van der Waals surface area contributed by atoms with Crippen LogP contribution >= 0.6 is 11.8 Å². The number of hydrogen-bond acceptors (Lipinski definition) is 12. The van der Waals surface area contributed by atoms with E-state index in [1.165, 1.54) is 48.2 Å². The summed E-state index contributed by atoms with van der Waals surface area (Å²) in [4.78, 5) is 32.2. The standard InChI is InChI=1S/C87H74F3N5O6S/c1-5-94(48-49-99-81(96)46-44-77-73-25-13-9-18-60(73)52-61-19-10-14-26-74(61)77)68-36-38-70(39-37-68)95(71-40-42-72(98-4)43-41-71)69-34-31-59(32-35-69)30-33-65-55-85(2,3)54-64(22-17-29-80-79(58-93)83(66(56-91)57-92)101-86(80,87(88,89)90)67-23-7-6-8-24-67)84(65)102-51-50-100-82(97)47-45-78-75-27-15-11-20-62(75)53-63-21-12-16-28-76(63)78/h6-43,52-53H,5,44-51,54-55H2,1-4H3/b29-17+,33-30+,64-22+. The maximum Gasteiger partial charge on any atom is 0.437 e. The molecule has 1 atom stereocenters. The van der Waals surface area contributed by atoms with Gasteiger partial charge in [-0.15, -0.1) is 11.8 Å². The average Bonchev–Trinajstić information content (AvgIpc) is 1.55. The molecule has 1 heterocycles. The van der Waals surface area contributed by atoms with Crippen LogP contribution in [0.4, 0.5) is 35.9 Å². The molecule has 10 aromatic rings. The molecular formula is C87H74F3N5O6S. The summed E-state index contributed by atoms with van der Waals surface area (Å²) in [6.07, 6.45) is 5.93. The van der Waals surface area contributed by atoms with Crippen LogP contribution in [-0.2, 0) is 42.2 Å². The SMILES string of the molecule is CCN(CCOC(=O)CCc1c2ccccc2cc2ccccc12)c1ccc(N(c2ccc(/C=C/C3=C(SCCOC(=O)CCc4c5ccccc5cc5ccccc45)C(=C/C=C/C4=C(C#N)C(=C(C#N)C#N)OC4(c4ccccc4)C(F)(F)F)/CC(C)(C)C3)cc2)c2ccc(OC)cc2)cc1. The van der Waals surface area contributed by atoms with E-state index in [1.807, 2.05) is 97.1 Å². The maximum atomic E-state index is 15.9. The topological polar surface area (TPSA) is 149 Å². The first-order valence-corrected chi connectivity index (χ1v) is 34.9. The fraction of sp³-hybridized carbons (Fsp3) is 0.207. The Kier molecular flexibility index (Phi) is 21.6. The molecule has 12 rings (SSSR count). The molecule has 510 valence electrons. The number of nitriles is 3. The largest absolute Gasteiger partial charge is 0.497 e. The van der Waals surface area contributed by atoms with E-state index >= 15 is 13.2 Å². The number of carbonyl (C=O) groups excluding carboxylic acids is 2. The second kappa shape index (κ2) is 31.3. The fourth-order valence-corrected chi connectivity index (χ4v) is 14.9. The average molecular weight is 1370 g/mol. The Hall–Kier alpha value is -11.6. The molecule has 10 aromatic carbocycles. The van der Waals surface area contributed by atoms with Gasteiger partial charge in [-0.1, -0.05) is 184 Å². The van der Waals surface area contributed by atoms with Crippen LogP contribution in [0.3, 0.4) is 0 Å². The van der Waals surface area contributed by atoms with Crippen LogP contribution in [0.25, 0.3) is 49.2 Å². The fourth-order valence-electron chi connectivity index (χ4n) is 13.9. The van der Waals surface area contributed by atoms with Crippen molar-refractivity contribution in [3.8, 4) is 24.0 Å². The van der Waals surface area contributed by atoms with Gasteiger partial charge >= 0.3 is 18.1 Å². The molecule has 102 heavy (non-hydrogen) atoms. The number of allylic oxidation sites excluding steroid dienone is 7. The predicted molar refractivity (Wildman–Crippen MR) is 402 cm³/mol. The van der Waals surface area contributed by atoms with Crippen LogP contribution < -0.4 is 14.5 Å². The second-order valence-electron chi connectivity index (χ2n) is 25.8. The number of fused-ring (bicyclic) bond motifs is 4. The number of benzene rings is 10. The molecule has 11 nitrogen and oxygen atoms in total. The van der Waals surface area contributed by atoms with E-state index in [0.717, 1.165) is 98.6 Å². The summed E-state index contributed by atoms with van der Waals surface area (Å²) in [6.45, 7) is 7.84. The Bertz CT molecular complexity index is 5010. The predicted octanol–water partition coefficient (Wildman–Crippen LogP) is 20.9. The Balaban J connectivity index is 0.804. The number of likely N-dealkylation sites (N-methyl/N-ethyl adjacent to an activating group) is 1. The van der Waals surface area contributed by atoms with Gasteiger partial charge in [0.25, 0.3) is 5.60 Å². The van der Waals surface area contributed by atoms with E-state index in [2.05, 4.69) is 134 Å². The zero-order valence-electron chi connectivity index (χ0n) is 57.1. The van der Waals surface area contributed by atoms with E-state index in [-0.39, 0.29) is 49.0 Å². The molecular weight excluding hydrogens is 1300 g/mol. The highest BCUT2D eigenvalue weighted by atomic mass is 32.2. The van der Waals surface area contributed by atoms with Crippen molar-refractivity contribution in [1.29, 1.82) is 15.8 Å². The monoisotopic (exact) mass is 1370 g/mol. The van der Waals surface area contributed by atoms with E-state index in [1.54, 1.807) is 31.4 Å². The van der Waals surface area contributed by atoms with Crippen molar-refractivity contribution in [3.05, 3.63) is 297 Å². The first kappa shape index (κ1) is 70.3. The van der Waals surface area contributed by atoms with E-state index in [9.17, 15) is 25.4 Å². The smallest absolute Gasteiger partial charge is 0.437 e. The molecule has 0 fully saturated rings. The van der Waals surface area contributed by atoms with Gasteiger partial charge in [-0.2, -0.15) is 29.0 Å². The van der Waals surface area contributed by atoms with Gasteiger partial charge in [0.05, 0.1) is 13.7 Å². The lowest BCUT2D eigenvalue weighted by molar-refractivity contribution is -0.249. The van der Waals surface area contributed by atoms with E-state index in [4.69, 9.17) is 18.9 Å². The molecule has 15 heteroatoms. The lowest BCUT2D eigenvalue weighted by atomic mass is 9.74. The summed E-state index contributed by atoms with van der Waals surface area (Å²) in [7, 11) is 1.63. The lowest BCUT2D eigenvalue weighted by Crippen LogP contribution is -2.43. The Labute approximate surface area is 596 Å². The van der Waals surface area contributed by atoms with Crippen LogP contribution in [0.15, 0.2) is 275 Å². The zero-order chi connectivity index (χ0) is 71.4. The molecule has 2 aliphatic rings. The number of ether oxygens (including phenoxy) is 4. The van der Waals surface area contributed by atoms with Crippen molar-refractivity contribution >= 4 is 95.6 Å². The molecule has 0 saturated heterocycles. The van der Waals surface area contributed by atoms with Crippen LogP contribution in [0, 0.1) is 39.4 Å². The number of esters is 2. The van der Waals surface area contributed by atoms with E-state index < -0.39 is 34.3 Å². The number of rotatable bonds is 24. The number of methoxy groups -OCH3 is 1. The summed E-state index contributed by atoms with van der Waals surface area (Å²) in [6, 6.07) is 73.5. The van der Waals surface area contributed by atoms with Gasteiger partial charge in [-0.3, -0.25) is 9.59 Å². The molecule has 0 saturated carbocycles. The molecule has 1 aliphatic carbocycles. The van der Waals surface area contributed by atoms with Crippen molar-refractivity contribution in [3.63, 3.8) is 0 Å². The number of carbonyl (C=O) groups is 2. The van der Waals surface area contributed by atoms with Crippen molar-refractivity contribution in [1.82, 2.24) is 0 Å². The molecule has 0 radical (unpaired) electrons. The molecule has 1 unspecified atom stereocenters. The molecule has 0 spiro atoms. The number of thioether (sulfide) groups is 1. The molecule has 0 aromatic heterocycles. The minimum absolute atomic E-state index is 0.0816. The first-order valence-electron chi connectivity index (χ1n) is 34.0. The Morgan fingerprint density at radius 2 is 1.10 bits per heavy atom. The minimum Gasteiger partial charge on any atom is -0.497 e. The van der Waals surface area contributed by atoms with Gasteiger partial charge in [0, 0.05) is 63.9 Å². The highest BCUT2D eigenvalue weighted by molar-refractivity contribution is 8.03. The van der Waals surface area contributed by atoms with Gasteiger partial charge in [0.1, 0.15) is 42.7 Å². The Morgan fingerprint density at radius 3 is 1.60 bits per heavy atom. The third-order valence-corrected chi connectivity index (χ3v) is 19.9. The molecule has 0 bridgehead atoms. The summed E-state index contributed by atoms with van der Waals surface area (Å²) < 4.78 is 70.7. The van der Waals surface area contributed by atoms with Crippen LogP contribution in [-0.4, -0.2) is 57.3 Å². The molecule has 0 amide bonds. The van der Waals surface area contributed by atoms with Crippen molar-refractivity contribution in [2.45, 2.75) is 71.1 Å². The van der Waals surface area contributed by atoms with Gasteiger partial charge in [-0.05, 0) is 182 Å². The van der Waals surface area contributed by atoms with Crippen molar-refractivity contribution in [2.75, 3.05) is 49.0 Å². The zero-order valence-corrected chi connectivity index (χ0v) is 57.9. The number of hydrogen-bond donors (Lipinski definition) is 0. The van der Waals surface area contributed by atoms with E-state index in [0.29, 0.717) is 50.3 Å².